The highest BCUT2D eigenvalue weighted by Gasteiger charge is 2.47. The smallest absolute Gasteiger partial charge is 0.417 e. The number of nitrogens with zero attached hydrogens (tertiary/aromatic N) is 2. The topological polar surface area (TPSA) is 111 Å². The number of benzene rings is 1. The van der Waals surface area contributed by atoms with E-state index in [0.717, 1.165) is 30.0 Å². The van der Waals surface area contributed by atoms with Gasteiger partial charge in [-0.3, -0.25) is 14.4 Å². The molecule has 0 saturated carbocycles. The van der Waals surface area contributed by atoms with E-state index in [9.17, 15) is 32.7 Å². The Labute approximate surface area is 214 Å². The molecule has 1 aromatic carbocycles. The van der Waals surface area contributed by atoms with Gasteiger partial charge in [-0.15, -0.1) is 0 Å². The van der Waals surface area contributed by atoms with E-state index < -0.39 is 41.3 Å². The number of nitrogens with one attached hydrogen (secondary N) is 2. The molecule has 0 bridgehead atoms. The van der Waals surface area contributed by atoms with E-state index in [-0.39, 0.29) is 48.9 Å². The molecule has 1 unspecified atom stereocenters. The van der Waals surface area contributed by atoms with Crippen LogP contribution in [0.15, 0.2) is 12.1 Å². The molecule has 3 N–H and O–H groups in total. The zero-order valence-electron chi connectivity index (χ0n) is 21.6. The van der Waals surface area contributed by atoms with E-state index in [1.165, 1.54) is 11.8 Å². The first kappa shape index (κ1) is 28.7. The van der Waals surface area contributed by atoms with Crippen molar-refractivity contribution in [2.24, 2.45) is 0 Å². The van der Waals surface area contributed by atoms with Gasteiger partial charge < -0.3 is 30.3 Å². The normalized spacial score (nSPS) is 21.9. The Hall–Kier alpha value is -2.86. The molecule has 1 fully saturated rings. The van der Waals surface area contributed by atoms with Crippen molar-refractivity contribution in [2.45, 2.75) is 70.8 Å². The molecule has 12 heteroatoms. The molecule has 0 radical (unpaired) electrons. The average Bonchev–Trinajstić information content (AvgIpc) is 2.85. The molecule has 0 aliphatic carbocycles. The van der Waals surface area contributed by atoms with Gasteiger partial charge >= 0.3 is 6.18 Å². The summed E-state index contributed by atoms with van der Waals surface area (Å²) in [5.74, 6) is -2.02. The van der Waals surface area contributed by atoms with Gasteiger partial charge in [-0.2, -0.15) is 13.2 Å². The van der Waals surface area contributed by atoms with Gasteiger partial charge in [0, 0.05) is 38.1 Å². The van der Waals surface area contributed by atoms with Crippen molar-refractivity contribution in [3.05, 3.63) is 23.3 Å². The molecule has 2 aliphatic heterocycles. The predicted octanol–water partition coefficient (Wildman–Crippen LogP) is 2.31. The maximum absolute atomic E-state index is 14.2. The summed E-state index contributed by atoms with van der Waals surface area (Å²) in [7, 11) is 0. The molecule has 0 aromatic heterocycles. The maximum Gasteiger partial charge on any atom is 0.417 e. The number of piperidine rings is 1. The summed E-state index contributed by atoms with van der Waals surface area (Å²) in [5, 5.41) is 15.7. The first-order chi connectivity index (χ1) is 17.3. The summed E-state index contributed by atoms with van der Waals surface area (Å²) in [5.41, 5.74) is -3.62. The fraction of sp³-hybridized carbons (Fsp3) is 0.640. The Morgan fingerprint density at radius 1 is 1.35 bits per heavy atom. The minimum absolute atomic E-state index is 0.0233. The van der Waals surface area contributed by atoms with Crippen LogP contribution in [-0.2, 0) is 15.8 Å². The lowest BCUT2D eigenvalue weighted by molar-refractivity contribution is -0.139. The molecule has 1 aromatic rings. The molecule has 9 nitrogen and oxygen atoms in total. The lowest BCUT2D eigenvalue weighted by Crippen LogP contribution is -2.58. The monoisotopic (exact) mass is 528 g/mol. The van der Waals surface area contributed by atoms with Gasteiger partial charge in [0.2, 0.25) is 11.5 Å². The van der Waals surface area contributed by atoms with Crippen LogP contribution < -0.4 is 20.3 Å². The predicted molar refractivity (Wildman–Crippen MR) is 130 cm³/mol. The summed E-state index contributed by atoms with van der Waals surface area (Å²) in [6.45, 7) is 6.84. The minimum Gasteiger partial charge on any atom is -0.473 e. The number of carbonyl (C=O) groups excluding carboxylic acids is 3. The lowest BCUT2D eigenvalue weighted by atomic mass is 9.96. The SMILES string of the molecule is CCC(=O)NCCN1C(=O)C(C)(CO)Oc2cc(C(F)(F)F)c(C(=O)N(C(C)C)[C@@H]3CCCNC3)cc21. The third-order valence-corrected chi connectivity index (χ3v) is 6.69. The highest BCUT2D eigenvalue weighted by molar-refractivity contribution is 6.05. The third kappa shape index (κ3) is 6.01. The molecule has 37 heavy (non-hydrogen) atoms. The van der Waals surface area contributed by atoms with Crippen LogP contribution in [-0.4, -0.2) is 78.2 Å². The summed E-state index contributed by atoms with van der Waals surface area (Å²) in [6, 6.07) is 1.11. The molecule has 206 valence electrons. The molecular weight excluding hydrogens is 493 g/mol. The first-order valence-electron chi connectivity index (χ1n) is 12.5. The maximum atomic E-state index is 14.2. The molecule has 2 atom stereocenters. The van der Waals surface area contributed by atoms with Crippen LogP contribution in [0.2, 0.25) is 0 Å². The molecule has 3 rings (SSSR count). The van der Waals surface area contributed by atoms with Crippen LogP contribution in [0, 0.1) is 0 Å². The zero-order valence-corrected chi connectivity index (χ0v) is 21.6. The second kappa shape index (κ2) is 11.3. The number of carbonyl (C=O) groups is 3. The number of halogens is 3. The van der Waals surface area contributed by atoms with E-state index in [1.54, 1.807) is 20.8 Å². The van der Waals surface area contributed by atoms with Crippen LogP contribution >= 0.6 is 0 Å². The Morgan fingerprint density at radius 3 is 2.59 bits per heavy atom. The Bertz CT molecular complexity index is 1030. The molecule has 1 saturated heterocycles. The van der Waals surface area contributed by atoms with Crippen molar-refractivity contribution in [2.75, 3.05) is 37.7 Å². The number of alkyl halides is 3. The number of ether oxygens (including phenoxy) is 1. The third-order valence-electron chi connectivity index (χ3n) is 6.69. The van der Waals surface area contributed by atoms with E-state index >= 15 is 0 Å². The van der Waals surface area contributed by atoms with Crippen LogP contribution in [0.4, 0.5) is 18.9 Å². The Morgan fingerprint density at radius 2 is 2.05 bits per heavy atom. The standard InChI is InChI=1S/C25H35F3N4O5/c1-5-21(34)30-9-10-31-19-11-17(22(35)32(15(2)3)16-7-6-8-29-13-16)18(25(26,27)28)12-20(19)37-24(4,14-33)23(31)36/h11-12,15-16,29,33H,5-10,13-14H2,1-4H3,(H,30,34)/t16-,24?/m1/s1. The van der Waals surface area contributed by atoms with Crippen LogP contribution in [0.3, 0.4) is 0 Å². The van der Waals surface area contributed by atoms with Gasteiger partial charge in [-0.25, -0.2) is 0 Å². The van der Waals surface area contributed by atoms with Gasteiger partial charge in [-0.05, 0) is 52.3 Å². The van der Waals surface area contributed by atoms with Gasteiger partial charge in [0.15, 0.2) is 0 Å². The number of rotatable bonds is 8. The number of aliphatic hydroxyl groups is 1. The van der Waals surface area contributed by atoms with Gasteiger partial charge in [0.25, 0.3) is 11.8 Å². The van der Waals surface area contributed by atoms with E-state index in [2.05, 4.69) is 10.6 Å². The number of fused-ring (bicyclic) bond motifs is 1. The Kier molecular flexibility index (Phi) is 8.74. The number of aliphatic hydroxyl groups excluding tert-OH is 1. The van der Waals surface area contributed by atoms with Crippen molar-refractivity contribution in [1.82, 2.24) is 15.5 Å². The van der Waals surface area contributed by atoms with E-state index in [0.29, 0.717) is 13.0 Å². The first-order valence-corrected chi connectivity index (χ1v) is 12.5. The van der Waals surface area contributed by atoms with Gasteiger partial charge in [-0.1, -0.05) is 6.92 Å². The highest BCUT2D eigenvalue weighted by Crippen LogP contribution is 2.44. The minimum atomic E-state index is -4.88. The second-order valence-corrected chi connectivity index (χ2v) is 9.82. The summed E-state index contributed by atoms with van der Waals surface area (Å²) in [6.07, 6.45) is -3.22. The zero-order chi connectivity index (χ0) is 27.5. The molecule has 2 heterocycles. The van der Waals surface area contributed by atoms with E-state index in [4.69, 9.17) is 4.74 Å². The lowest BCUT2D eigenvalue weighted by Gasteiger charge is -2.41. The van der Waals surface area contributed by atoms with Gasteiger partial charge in [0.1, 0.15) is 5.75 Å². The van der Waals surface area contributed by atoms with Crippen LogP contribution in [0.25, 0.3) is 0 Å². The molecule has 2 aliphatic rings. The molecular formula is C25H35F3N4O5. The van der Waals surface area contributed by atoms with Crippen molar-refractivity contribution in [1.29, 1.82) is 0 Å². The summed E-state index contributed by atoms with van der Waals surface area (Å²) < 4.78 is 48.3. The number of hydrogen-bond acceptors (Lipinski definition) is 6. The van der Waals surface area contributed by atoms with Crippen LogP contribution in [0.1, 0.15) is 62.9 Å². The van der Waals surface area contributed by atoms with Crippen molar-refractivity contribution in [3.63, 3.8) is 0 Å². The number of amides is 3. The average molecular weight is 529 g/mol. The molecule has 0 spiro atoms. The quantitative estimate of drug-likeness (QED) is 0.478. The Balaban J connectivity index is 2.12. The fourth-order valence-electron chi connectivity index (χ4n) is 4.74. The van der Waals surface area contributed by atoms with E-state index in [1.807, 2.05) is 0 Å². The summed E-state index contributed by atoms with van der Waals surface area (Å²) >= 11 is 0. The van der Waals surface area contributed by atoms with Crippen molar-refractivity contribution in [3.8, 4) is 5.75 Å². The second-order valence-electron chi connectivity index (χ2n) is 9.82. The van der Waals surface area contributed by atoms with Crippen LogP contribution in [0.5, 0.6) is 5.75 Å². The number of anilines is 1. The fourth-order valence-corrected chi connectivity index (χ4v) is 4.74. The van der Waals surface area contributed by atoms with Crippen molar-refractivity contribution >= 4 is 23.4 Å². The number of hydrogen-bond donors (Lipinski definition) is 3. The van der Waals surface area contributed by atoms with Gasteiger partial charge in [0.05, 0.1) is 23.4 Å². The molecule has 3 amide bonds. The largest absolute Gasteiger partial charge is 0.473 e. The van der Waals surface area contributed by atoms with Crippen molar-refractivity contribution < 1.29 is 37.4 Å². The highest BCUT2D eigenvalue weighted by atomic mass is 19.4. The summed E-state index contributed by atoms with van der Waals surface area (Å²) in [4.78, 5) is 41.3.